The Kier molecular flexibility index (Phi) is 3.63. The molecule has 33 heavy (non-hydrogen) atoms. The first-order chi connectivity index (χ1) is 16.2. The zero-order valence-electron chi connectivity index (χ0n) is 17.9. The highest BCUT2D eigenvalue weighted by Gasteiger charge is 2.79. The predicted molar refractivity (Wildman–Crippen MR) is 114 cm³/mol. The Morgan fingerprint density at radius 3 is 2.52 bits per heavy atom. The van der Waals surface area contributed by atoms with Gasteiger partial charge in [-0.05, 0) is 96.8 Å². The average molecular weight is 450 g/mol. The molecule has 1 aromatic carbocycles. The van der Waals surface area contributed by atoms with Crippen molar-refractivity contribution < 1.29 is 18.3 Å². The third kappa shape index (κ3) is 2.34. The molecular weight excluding hydrogens is 426 g/mol. The van der Waals surface area contributed by atoms with E-state index in [1.807, 2.05) is 4.40 Å². The van der Waals surface area contributed by atoms with Crippen molar-refractivity contribution in [2.75, 3.05) is 6.61 Å². The van der Waals surface area contributed by atoms with Crippen molar-refractivity contribution in [3.8, 4) is 23.0 Å². The number of benzene rings is 1. The van der Waals surface area contributed by atoms with Crippen LogP contribution in [0.3, 0.4) is 0 Å². The molecule has 170 valence electrons. The van der Waals surface area contributed by atoms with Gasteiger partial charge in [-0.3, -0.25) is 4.98 Å². The summed E-state index contributed by atoms with van der Waals surface area (Å²) in [5.41, 5.74) is 1.33. The summed E-state index contributed by atoms with van der Waals surface area (Å²) in [6, 6.07) is 6.40. The molecule has 5 aliphatic carbocycles. The number of hydrogen-bond donors (Lipinski definition) is 0. The maximum atomic E-state index is 12.5. The van der Waals surface area contributed by atoms with E-state index in [1.54, 1.807) is 24.5 Å². The van der Waals surface area contributed by atoms with Crippen molar-refractivity contribution in [2.45, 2.75) is 25.9 Å². The fourth-order valence-corrected chi connectivity index (χ4v) is 9.25. The van der Waals surface area contributed by atoms with Gasteiger partial charge in [-0.1, -0.05) is 0 Å². The van der Waals surface area contributed by atoms with Crippen molar-refractivity contribution >= 4 is 5.65 Å². The Bertz CT molecular complexity index is 1240. The van der Waals surface area contributed by atoms with Crippen molar-refractivity contribution in [2.24, 2.45) is 53.3 Å². The van der Waals surface area contributed by atoms with Crippen molar-refractivity contribution in [1.82, 2.24) is 19.6 Å². The highest BCUT2D eigenvalue weighted by Crippen LogP contribution is 2.84. The summed E-state index contributed by atoms with van der Waals surface area (Å²) in [6.45, 7) is -2.18. The predicted octanol–water partition coefficient (Wildman–Crippen LogP) is 4.56. The number of hydrogen-bond acceptors (Lipinski definition) is 5. The van der Waals surface area contributed by atoms with Crippen LogP contribution in [0.2, 0.25) is 0 Å². The smallest absolute Gasteiger partial charge is 0.387 e. The van der Waals surface area contributed by atoms with Gasteiger partial charge in [0.05, 0.1) is 19.0 Å². The number of nitrogens with zero attached hydrogens (tertiary/aromatic N) is 4. The molecule has 3 aromatic rings. The van der Waals surface area contributed by atoms with E-state index in [1.165, 1.54) is 25.0 Å². The Morgan fingerprint density at radius 1 is 0.909 bits per heavy atom. The molecule has 5 aliphatic rings. The second-order valence-corrected chi connectivity index (χ2v) is 10.6. The highest BCUT2D eigenvalue weighted by atomic mass is 19.3. The molecule has 0 radical (unpaired) electrons. The number of alkyl halides is 2. The van der Waals surface area contributed by atoms with Gasteiger partial charge in [0.1, 0.15) is 5.75 Å². The number of ether oxygens (including phenoxy) is 2. The SMILES string of the molecule is FC(F)Oc1ccc(-c2nnc3cncc(OCCC4C5C6CC7C8C6CC5C8C47)n23)cc1. The minimum atomic E-state index is -2.85. The van der Waals surface area contributed by atoms with Crippen LogP contribution in [0.1, 0.15) is 19.3 Å². The van der Waals surface area contributed by atoms with Crippen LogP contribution < -0.4 is 9.47 Å². The lowest BCUT2D eigenvalue weighted by atomic mass is 9.57. The van der Waals surface area contributed by atoms with Gasteiger partial charge in [0.2, 0.25) is 5.88 Å². The summed E-state index contributed by atoms with van der Waals surface area (Å²) in [7, 11) is 0. The Morgan fingerprint density at radius 2 is 1.70 bits per heavy atom. The van der Waals surface area contributed by atoms with Crippen molar-refractivity contribution in [3.05, 3.63) is 36.7 Å². The molecular formula is C25H24F2N4O2. The van der Waals surface area contributed by atoms with Gasteiger partial charge in [-0.15, -0.1) is 10.2 Å². The van der Waals surface area contributed by atoms with E-state index < -0.39 is 6.61 Å². The van der Waals surface area contributed by atoms with Crippen LogP contribution in [0.4, 0.5) is 8.78 Å². The topological polar surface area (TPSA) is 61.5 Å². The number of fused-ring (bicyclic) bond motifs is 3. The van der Waals surface area contributed by atoms with Gasteiger partial charge >= 0.3 is 6.61 Å². The fraction of sp³-hybridized carbons (Fsp3) is 0.560. The Hall–Kier alpha value is -2.77. The molecule has 2 bridgehead atoms. The Balaban J connectivity index is 1.03. The monoisotopic (exact) mass is 450 g/mol. The van der Waals surface area contributed by atoms with Crippen LogP contribution in [-0.4, -0.2) is 32.8 Å². The first-order valence-corrected chi connectivity index (χ1v) is 12.1. The summed E-state index contributed by atoms with van der Waals surface area (Å²) in [4.78, 5) is 4.28. The molecule has 0 N–H and O–H groups in total. The van der Waals surface area contributed by atoms with E-state index in [-0.39, 0.29) is 5.75 Å². The van der Waals surface area contributed by atoms with E-state index in [0.29, 0.717) is 24.0 Å². The second kappa shape index (κ2) is 6.42. The summed E-state index contributed by atoms with van der Waals surface area (Å²) < 4.78 is 37.5. The van der Waals surface area contributed by atoms with E-state index in [2.05, 4.69) is 19.9 Å². The summed E-state index contributed by atoms with van der Waals surface area (Å²) >= 11 is 0. The van der Waals surface area contributed by atoms with Crippen LogP contribution in [-0.2, 0) is 0 Å². The lowest BCUT2D eigenvalue weighted by molar-refractivity contribution is -0.0498. The first-order valence-electron chi connectivity index (χ1n) is 12.1. The molecule has 8 rings (SSSR count). The molecule has 0 saturated heterocycles. The van der Waals surface area contributed by atoms with Gasteiger partial charge < -0.3 is 9.47 Å². The van der Waals surface area contributed by atoms with Gasteiger partial charge in [0, 0.05) is 5.56 Å². The van der Waals surface area contributed by atoms with Gasteiger partial charge in [-0.2, -0.15) is 8.78 Å². The maximum absolute atomic E-state index is 12.5. The largest absolute Gasteiger partial charge is 0.477 e. The van der Waals surface area contributed by atoms with Crippen LogP contribution in [0, 0.1) is 53.3 Å². The van der Waals surface area contributed by atoms with Crippen molar-refractivity contribution in [1.29, 1.82) is 0 Å². The normalized spacial score (nSPS) is 38.6. The average Bonchev–Trinajstić information content (AvgIpc) is 3.49. The maximum Gasteiger partial charge on any atom is 0.387 e. The summed E-state index contributed by atoms with van der Waals surface area (Å²) in [6.07, 6.45) is 7.50. The minimum Gasteiger partial charge on any atom is -0.477 e. The standard InChI is InChI=1S/C25H24F2N4O2/c26-25(27)33-12-3-1-11(2-4-12)24-30-29-18-9-28-10-19(31(18)24)32-6-5-13-20-14-7-17-21(13)23-16(20)8-15(14)22(17)23/h1-4,9-10,13-17,20-23,25H,5-8H2. The summed E-state index contributed by atoms with van der Waals surface area (Å²) in [5.74, 6) is 10.3. The molecule has 5 saturated carbocycles. The molecule has 2 heterocycles. The van der Waals surface area contributed by atoms with Gasteiger partial charge in [0.15, 0.2) is 11.5 Å². The van der Waals surface area contributed by atoms with Crippen LogP contribution in [0.25, 0.3) is 17.0 Å². The number of aromatic nitrogens is 4. The van der Waals surface area contributed by atoms with Crippen molar-refractivity contribution in [3.63, 3.8) is 0 Å². The number of halogens is 2. The van der Waals surface area contributed by atoms with Crippen LogP contribution in [0.5, 0.6) is 11.6 Å². The molecule has 8 heteroatoms. The van der Waals surface area contributed by atoms with E-state index in [9.17, 15) is 8.78 Å². The number of rotatable bonds is 7. The van der Waals surface area contributed by atoms with Crippen LogP contribution in [0.15, 0.2) is 36.7 Å². The lowest BCUT2D eigenvalue weighted by Crippen LogP contribution is -2.44. The third-order valence-corrected chi connectivity index (χ3v) is 9.80. The van der Waals surface area contributed by atoms with Gasteiger partial charge in [0.25, 0.3) is 0 Å². The Labute approximate surface area is 189 Å². The molecule has 5 fully saturated rings. The fourth-order valence-electron chi connectivity index (χ4n) is 9.25. The molecule has 0 aliphatic heterocycles. The highest BCUT2D eigenvalue weighted by molar-refractivity contribution is 5.61. The molecule has 9 atom stereocenters. The third-order valence-electron chi connectivity index (χ3n) is 9.80. The molecule has 6 nitrogen and oxygen atoms in total. The van der Waals surface area contributed by atoms with Crippen LogP contribution >= 0.6 is 0 Å². The molecule has 9 unspecified atom stereocenters. The van der Waals surface area contributed by atoms with E-state index in [4.69, 9.17) is 4.74 Å². The second-order valence-electron chi connectivity index (χ2n) is 10.6. The molecule has 0 amide bonds. The zero-order chi connectivity index (χ0) is 21.8. The van der Waals surface area contributed by atoms with E-state index >= 15 is 0 Å². The quantitative estimate of drug-likeness (QED) is 0.528. The first kappa shape index (κ1) is 18.6. The molecule has 0 spiro atoms. The minimum absolute atomic E-state index is 0.108. The molecule has 2 aromatic heterocycles. The summed E-state index contributed by atoms with van der Waals surface area (Å²) in [5, 5.41) is 8.52. The lowest BCUT2D eigenvalue weighted by Gasteiger charge is -2.48. The van der Waals surface area contributed by atoms with Gasteiger partial charge in [-0.25, -0.2) is 4.40 Å². The van der Waals surface area contributed by atoms with E-state index in [0.717, 1.165) is 65.2 Å². The zero-order valence-corrected chi connectivity index (χ0v) is 17.9.